The summed E-state index contributed by atoms with van der Waals surface area (Å²) in [6.45, 7) is 3.65. The van der Waals surface area contributed by atoms with Crippen LogP contribution >= 0.6 is 0 Å². The van der Waals surface area contributed by atoms with E-state index in [1.165, 1.54) is 4.90 Å². The van der Waals surface area contributed by atoms with Crippen molar-refractivity contribution in [3.63, 3.8) is 0 Å². The molecule has 2 heterocycles. The lowest BCUT2D eigenvalue weighted by Gasteiger charge is -2.33. The Morgan fingerprint density at radius 1 is 1.05 bits per heavy atom. The van der Waals surface area contributed by atoms with Gasteiger partial charge in [-0.3, -0.25) is 9.59 Å². The van der Waals surface area contributed by atoms with Crippen LogP contribution in [-0.4, -0.2) is 61.0 Å². The van der Waals surface area contributed by atoms with E-state index >= 15 is 0 Å². The van der Waals surface area contributed by atoms with Gasteiger partial charge in [-0.2, -0.15) is 0 Å². The zero-order chi connectivity index (χ0) is 14.8. The van der Waals surface area contributed by atoms with Crippen LogP contribution in [0, 0.1) is 0 Å². The van der Waals surface area contributed by atoms with E-state index in [9.17, 15) is 9.59 Å². The van der Waals surface area contributed by atoms with Crippen molar-refractivity contribution in [1.82, 2.24) is 15.3 Å². The first-order valence-electron chi connectivity index (χ1n) is 7.26. The number of nitrogens with one attached hydrogen (secondary N) is 1. The van der Waals surface area contributed by atoms with E-state index in [0.29, 0.717) is 5.69 Å². The number of hydrogen-bond acceptors (Lipinski definition) is 5. The molecule has 0 aliphatic carbocycles. The van der Waals surface area contributed by atoms with E-state index in [-0.39, 0.29) is 18.2 Å². The summed E-state index contributed by atoms with van der Waals surface area (Å²) in [5, 5.41) is 2.05. The van der Waals surface area contributed by atoms with Crippen molar-refractivity contribution in [1.29, 1.82) is 0 Å². The van der Waals surface area contributed by atoms with E-state index < -0.39 is 6.04 Å². The van der Waals surface area contributed by atoms with Gasteiger partial charge in [0.25, 0.3) is 5.91 Å². The number of carbonyl (C=O) groups is 2. The molecule has 1 N–H and O–H groups in total. The highest BCUT2D eigenvalue weighted by Gasteiger charge is 2.40. The number of benzene rings is 1. The lowest BCUT2D eigenvalue weighted by Crippen LogP contribution is -2.55. The first kappa shape index (κ1) is 14.2. The Labute approximate surface area is 124 Å². The van der Waals surface area contributed by atoms with Gasteiger partial charge < -0.3 is 4.90 Å². The van der Waals surface area contributed by atoms with Gasteiger partial charge in [-0.25, -0.2) is 15.3 Å². The van der Waals surface area contributed by atoms with Crippen LogP contribution in [0.1, 0.15) is 6.42 Å². The highest BCUT2D eigenvalue weighted by atomic mass is 16.2. The fraction of sp³-hybridized carbons (Fsp3) is 0.467. The molecule has 112 valence electrons. The predicted octanol–water partition coefficient (Wildman–Crippen LogP) is 0.0705. The van der Waals surface area contributed by atoms with E-state index in [4.69, 9.17) is 0 Å². The van der Waals surface area contributed by atoms with E-state index in [0.717, 1.165) is 26.2 Å². The van der Waals surface area contributed by atoms with Gasteiger partial charge in [0.05, 0.1) is 12.1 Å². The first-order valence-corrected chi connectivity index (χ1v) is 7.26. The zero-order valence-electron chi connectivity index (χ0n) is 12.2. The Balaban J connectivity index is 1.66. The molecule has 0 spiro atoms. The standard InChI is InChI=1S/C15H20N4O2/c1-17-7-9-18(10-8-17)16-13-11-14(20)19(15(13)21)12-5-3-2-4-6-12/h2-6,13,16H,7-11H2,1H3. The molecule has 21 heavy (non-hydrogen) atoms. The second-order valence-corrected chi connectivity index (χ2v) is 5.58. The summed E-state index contributed by atoms with van der Waals surface area (Å²) in [5.74, 6) is -0.303. The minimum Gasteiger partial charge on any atom is -0.304 e. The molecule has 0 bridgehead atoms. The molecular weight excluding hydrogens is 268 g/mol. The van der Waals surface area contributed by atoms with Crippen LogP contribution < -0.4 is 10.3 Å². The third kappa shape index (κ3) is 2.97. The number of para-hydroxylation sites is 1. The maximum atomic E-state index is 12.5. The maximum absolute atomic E-state index is 12.5. The van der Waals surface area contributed by atoms with Gasteiger partial charge in [0, 0.05) is 26.2 Å². The molecular formula is C15H20N4O2. The topological polar surface area (TPSA) is 55.9 Å². The van der Waals surface area contributed by atoms with Gasteiger partial charge in [0.2, 0.25) is 5.91 Å². The van der Waals surface area contributed by atoms with Gasteiger partial charge in [-0.15, -0.1) is 0 Å². The van der Waals surface area contributed by atoms with E-state index in [1.807, 2.05) is 23.2 Å². The summed E-state index contributed by atoms with van der Waals surface area (Å²) in [7, 11) is 2.08. The third-order valence-electron chi connectivity index (χ3n) is 4.00. The number of imide groups is 1. The number of hydrazine groups is 1. The molecule has 2 saturated heterocycles. The van der Waals surface area contributed by atoms with Crippen LogP contribution in [0.3, 0.4) is 0 Å². The Hall–Kier alpha value is -1.76. The van der Waals surface area contributed by atoms with Crippen molar-refractivity contribution in [3.05, 3.63) is 30.3 Å². The molecule has 0 aromatic heterocycles. The summed E-state index contributed by atoms with van der Waals surface area (Å²) in [4.78, 5) is 28.1. The summed E-state index contributed by atoms with van der Waals surface area (Å²) >= 11 is 0. The maximum Gasteiger partial charge on any atom is 0.252 e. The Kier molecular flexibility index (Phi) is 4.01. The van der Waals surface area contributed by atoms with Crippen molar-refractivity contribution in [2.45, 2.75) is 12.5 Å². The van der Waals surface area contributed by atoms with Crippen LogP contribution in [-0.2, 0) is 9.59 Å². The number of carbonyl (C=O) groups excluding carboxylic acids is 2. The fourth-order valence-electron chi connectivity index (χ4n) is 2.74. The second-order valence-electron chi connectivity index (χ2n) is 5.58. The van der Waals surface area contributed by atoms with Gasteiger partial charge in [-0.05, 0) is 19.2 Å². The van der Waals surface area contributed by atoms with E-state index in [2.05, 4.69) is 17.4 Å². The van der Waals surface area contributed by atoms with Gasteiger partial charge >= 0.3 is 0 Å². The molecule has 1 unspecified atom stereocenters. The predicted molar refractivity (Wildman–Crippen MR) is 79.5 cm³/mol. The summed E-state index contributed by atoms with van der Waals surface area (Å²) in [5.41, 5.74) is 3.86. The zero-order valence-corrected chi connectivity index (χ0v) is 12.2. The number of piperazine rings is 1. The number of rotatable bonds is 3. The molecule has 2 fully saturated rings. The number of amides is 2. The highest BCUT2D eigenvalue weighted by molar-refractivity contribution is 6.22. The monoisotopic (exact) mass is 288 g/mol. The summed E-state index contributed by atoms with van der Waals surface area (Å²) in [6, 6.07) is 8.66. The average Bonchev–Trinajstić information content (AvgIpc) is 2.77. The normalized spacial score (nSPS) is 24.8. The van der Waals surface area contributed by atoms with E-state index in [1.54, 1.807) is 12.1 Å². The Morgan fingerprint density at radius 2 is 1.71 bits per heavy atom. The molecule has 6 nitrogen and oxygen atoms in total. The number of hydrogen-bond donors (Lipinski definition) is 1. The average molecular weight is 288 g/mol. The molecule has 3 rings (SSSR count). The molecule has 2 aliphatic heterocycles. The summed E-state index contributed by atoms with van der Waals surface area (Å²) in [6.07, 6.45) is 0.222. The lowest BCUT2D eigenvalue weighted by molar-refractivity contribution is -0.122. The second kappa shape index (κ2) is 5.93. The Morgan fingerprint density at radius 3 is 2.38 bits per heavy atom. The van der Waals surface area contributed by atoms with Crippen molar-refractivity contribution in [2.24, 2.45) is 0 Å². The molecule has 1 aromatic carbocycles. The Bertz CT molecular complexity index is 526. The highest BCUT2D eigenvalue weighted by Crippen LogP contribution is 2.22. The molecule has 1 atom stereocenters. The largest absolute Gasteiger partial charge is 0.304 e. The number of anilines is 1. The first-order chi connectivity index (χ1) is 10.1. The van der Waals surface area contributed by atoms with Crippen LogP contribution in [0.15, 0.2) is 30.3 Å². The quantitative estimate of drug-likeness (QED) is 0.798. The summed E-state index contributed by atoms with van der Waals surface area (Å²) < 4.78 is 0. The van der Waals surface area contributed by atoms with Gasteiger partial charge in [-0.1, -0.05) is 18.2 Å². The third-order valence-corrected chi connectivity index (χ3v) is 4.00. The van der Waals surface area contributed by atoms with Crippen molar-refractivity contribution < 1.29 is 9.59 Å². The van der Waals surface area contributed by atoms with Crippen LogP contribution in [0.25, 0.3) is 0 Å². The minimum absolute atomic E-state index is 0.141. The van der Waals surface area contributed by atoms with Crippen LogP contribution in [0.2, 0.25) is 0 Å². The SMILES string of the molecule is CN1CCN(NC2CC(=O)N(c3ccccc3)C2=O)CC1. The van der Waals surface area contributed by atoms with Crippen molar-refractivity contribution in [3.8, 4) is 0 Å². The van der Waals surface area contributed by atoms with Crippen LogP contribution in [0.5, 0.6) is 0 Å². The fourth-order valence-corrected chi connectivity index (χ4v) is 2.74. The van der Waals surface area contributed by atoms with Crippen LogP contribution in [0.4, 0.5) is 5.69 Å². The number of nitrogens with zero attached hydrogens (tertiary/aromatic N) is 3. The molecule has 1 aromatic rings. The molecule has 0 saturated carbocycles. The number of likely N-dealkylation sites (N-methyl/N-ethyl adjacent to an activating group) is 1. The molecule has 2 aliphatic rings. The van der Waals surface area contributed by atoms with Gasteiger partial charge in [0.1, 0.15) is 6.04 Å². The van der Waals surface area contributed by atoms with Crippen molar-refractivity contribution in [2.75, 3.05) is 38.1 Å². The minimum atomic E-state index is -0.443. The molecule has 0 radical (unpaired) electrons. The lowest BCUT2D eigenvalue weighted by atomic mass is 10.2. The molecule has 2 amide bonds. The van der Waals surface area contributed by atoms with Gasteiger partial charge in [0.15, 0.2) is 0 Å². The van der Waals surface area contributed by atoms with Crippen molar-refractivity contribution >= 4 is 17.5 Å². The molecule has 6 heteroatoms. The smallest absolute Gasteiger partial charge is 0.252 e.